The van der Waals surface area contributed by atoms with Crippen LogP contribution in [-0.2, 0) is 14.8 Å². The van der Waals surface area contributed by atoms with Crippen LogP contribution in [0.4, 0.5) is 0 Å². The first-order chi connectivity index (χ1) is 7.50. The molecule has 88 valence electrons. The summed E-state index contributed by atoms with van der Waals surface area (Å²) in [5, 5.41) is 2.56. The summed E-state index contributed by atoms with van der Waals surface area (Å²) in [4.78, 5) is 14.8. The number of hydrogen-bond acceptors (Lipinski definition) is 5. The molecule has 0 unspecified atom stereocenters. The van der Waals surface area contributed by atoms with E-state index in [1.54, 1.807) is 0 Å². The molecule has 0 spiro atoms. The van der Waals surface area contributed by atoms with Gasteiger partial charge in [-0.3, -0.25) is 4.79 Å². The Bertz CT molecular complexity index is 513. The van der Waals surface area contributed by atoms with Gasteiger partial charge in [0.1, 0.15) is 0 Å². The van der Waals surface area contributed by atoms with Gasteiger partial charge in [-0.05, 0) is 0 Å². The number of aromatic nitrogens is 1. The summed E-state index contributed by atoms with van der Waals surface area (Å²) in [6, 6.07) is 0. The van der Waals surface area contributed by atoms with Crippen LogP contribution in [-0.4, -0.2) is 43.2 Å². The number of nitrogens with zero attached hydrogens (tertiary/aromatic N) is 2. The highest BCUT2D eigenvalue weighted by Crippen LogP contribution is 2.25. The SMILES string of the molecule is O=C1CN(S(=O)(=O)c2cnc(Cl)s2)CCN1. The predicted octanol–water partition coefficient (Wildman–Crippen LogP) is -0.0830. The fourth-order valence-electron chi connectivity index (χ4n) is 1.31. The lowest BCUT2D eigenvalue weighted by molar-refractivity contribution is -0.122. The Kier molecular flexibility index (Phi) is 3.15. The molecule has 1 fully saturated rings. The Balaban J connectivity index is 2.28. The minimum atomic E-state index is -3.63. The molecule has 0 aliphatic carbocycles. The van der Waals surface area contributed by atoms with Gasteiger partial charge in [-0.15, -0.1) is 0 Å². The molecule has 1 aliphatic rings. The fraction of sp³-hybridized carbons (Fsp3) is 0.429. The molecule has 1 amide bonds. The second kappa shape index (κ2) is 4.28. The Morgan fingerprint density at radius 1 is 1.56 bits per heavy atom. The summed E-state index contributed by atoms with van der Waals surface area (Å²) in [6.45, 7) is 0.437. The van der Waals surface area contributed by atoms with Crippen LogP contribution in [0.3, 0.4) is 0 Å². The van der Waals surface area contributed by atoms with Gasteiger partial charge in [0.2, 0.25) is 5.91 Å². The van der Waals surface area contributed by atoms with E-state index in [0.717, 1.165) is 15.6 Å². The number of nitrogens with one attached hydrogen (secondary N) is 1. The zero-order valence-corrected chi connectivity index (χ0v) is 10.4. The van der Waals surface area contributed by atoms with Crippen molar-refractivity contribution in [3.63, 3.8) is 0 Å². The van der Waals surface area contributed by atoms with E-state index in [2.05, 4.69) is 10.3 Å². The third-order valence-electron chi connectivity index (χ3n) is 2.05. The van der Waals surface area contributed by atoms with Gasteiger partial charge in [-0.2, -0.15) is 4.31 Å². The van der Waals surface area contributed by atoms with Crippen molar-refractivity contribution in [3.8, 4) is 0 Å². The minimum absolute atomic E-state index is 0.0622. The quantitative estimate of drug-likeness (QED) is 0.822. The maximum absolute atomic E-state index is 12.0. The zero-order valence-electron chi connectivity index (χ0n) is 8.01. The Hall–Kier alpha value is -0.700. The number of sulfonamides is 1. The molecule has 6 nitrogen and oxygen atoms in total. The normalized spacial score (nSPS) is 18.4. The first-order valence-electron chi connectivity index (χ1n) is 4.38. The van der Waals surface area contributed by atoms with Crippen LogP contribution in [0.25, 0.3) is 0 Å². The number of amides is 1. The van der Waals surface area contributed by atoms with Crippen LogP contribution in [0.5, 0.6) is 0 Å². The van der Waals surface area contributed by atoms with Gasteiger partial charge < -0.3 is 5.32 Å². The van der Waals surface area contributed by atoms with Crippen LogP contribution in [0.2, 0.25) is 4.47 Å². The minimum Gasteiger partial charge on any atom is -0.354 e. The summed E-state index contributed by atoms with van der Waals surface area (Å²) < 4.78 is 25.4. The van der Waals surface area contributed by atoms with E-state index >= 15 is 0 Å². The molecule has 1 saturated heterocycles. The van der Waals surface area contributed by atoms with Crippen molar-refractivity contribution >= 4 is 38.9 Å². The molecule has 9 heteroatoms. The highest BCUT2D eigenvalue weighted by atomic mass is 35.5. The van der Waals surface area contributed by atoms with Crippen LogP contribution in [0.1, 0.15) is 0 Å². The molecule has 0 bridgehead atoms. The lowest BCUT2D eigenvalue weighted by atomic mass is 10.4. The van der Waals surface area contributed by atoms with Gasteiger partial charge in [0.05, 0.1) is 12.7 Å². The molecule has 1 N–H and O–H groups in total. The van der Waals surface area contributed by atoms with Crippen molar-refractivity contribution in [1.82, 2.24) is 14.6 Å². The van der Waals surface area contributed by atoms with Crippen molar-refractivity contribution in [3.05, 3.63) is 10.7 Å². The number of carbonyl (C=O) groups excluding carboxylic acids is 1. The summed E-state index contributed by atoms with van der Waals surface area (Å²) in [6.07, 6.45) is 1.20. The maximum Gasteiger partial charge on any atom is 0.254 e. The van der Waals surface area contributed by atoms with Crippen LogP contribution >= 0.6 is 22.9 Å². The van der Waals surface area contributed by atoms with E-state index in [9.17, 15) is 13.2 Å². The van der Waals surface area contributed by atoms with Gasteiger partial charge in [0.15, 0.2) is 8.68 Å². The second-order valence-corrected chi connectivity index (χ2v) is 6.90. The smallest absolute Gasteiger partial charge is 0.254 e. The van der Waals surface area contributed by atoms with Gasteiger partial charge in [-0.25, -0.2) is 13.4 Å². The highest BCUT2D eigenvalue weighted by molar-refractivity contribution is 7.91. The molecular formula is C7H8ClN3O3S2. The molecule has 2 heterocycles. The topological polar surface area (TPSA) is 79.4 Å². The lowest BCUT2D eigenvalue weighted by Crippen LogP contribution is -2.49. The monoisotopic (exact) mass is 281 g/mol. The third-order valence-corrected chi connectivity index (χ3v) is 5.45. The van der Waals surface area contributed by atoms with E-state index in [-0.39, 0.29) is 27.7 Å². The predicted molar refractivity (Wildman–Crippen MR) is 58.9 cm³/mol. The second-order valence-electron chi connectivity index (χ2n) is 3.12. The molecule has 0 radical (unpaired) electrons. The number of carbonyl (C=O) groups is 1. The van der Waals surface area contributed by atoms with Gasteiger partial charge >= 0.3 is 0 Å². The van der Waals surface area contributed by atoms with E-state index in [0.29, 0.717) is 6.54 Å². The first-order valence-corrected chi connectivity index (χ1v) is 7.02. The number of rotatable bonds is 2. The molecule has 0 saturated carbocycles. The largest absolute Gasteiger partial charge is 0.354 e. The molecule has 0 aromatic carbocycles. The fourth-order valence-corrected chi connectivity index (χ4v) is 4.15. The maximum atomic E-state index is 12.0. The highest BCUT2D eigenvalue weighted by Gasteiger charge is 2.30. The number of halogens is 1. The molecule has 1 aliphatic heterocycles. The summed E-state index contributed by atoms with van der Waals surface area (Å²) in [5.74, 6) is -0.301. The van der Waals surface area contributed by atoms with Crippen LogP contribution in [0, 0.1) is 0 Å². The van der Waals surface area contributed by atoms with Crippen LogP contribution < -0.4 is 5.32 Å². The average molecular weight is 282 g/mol. The van der Waals surface area contributed by atoms with E-state index in [1.165, 1.54) is 6.20 Å². The van der Waals surface area contributed by atoms with Crippen LogP contribution in [0.15, 0.2) is 10.4 Å². The van der Waals surface area contributed by atoms with Crippen molar-refractivity contribution in [1.29, 1.82) is 0 Å². The summed E-state index contributed by atoms with van der Waals surface area (Å²) in [5.41, 5.74) is 0. The molecule has 2 rings (SSSR count). The van der Waals surface area contributed by atoms with Crippen molar-refractivity contribution in [2.45, 2.75) is 4.21 Å². The number of piperazine rings is 1. The third kappa shape index (κ3) is 2.19. The van der Waals surface area contributed by atoms with Crippen molar-refractivity contribution < 1.29 is 13.2 Å². The molecule has 1 aromatic rings. The van der Waals surface area contributed by atoms with E-state index in [1.807, 2.05) is 0 Å². The standard InChI is InChI=1S/C7H8ClN3O3S2/c8-7-10-3-6(15-7)16(13,14)11-2-1-9-5(12)4-11/h3H,1-2,4H2,(H,9,12). The van der Waals surface area contributed by atoms with Gasteiger partial charge in [0, 0.05) is 13.1 Å². The molecule has 16 heavy (non-hydrogen) atoms. The van der Waals surface area contributed by atoms with Crippen molar-refractivity contribution in [2.75, 3.05) is 19.6 Å². The van der Waals surface area contributed by atoms with Gasteiger partial charge in [-0.1, -0.05) is 22.9 Å². The Labute approximate surface area is 101 Å². The molecule has 0 atom stereocenters. The summed E-state index contributed by atoms with van der Waals surface area (Å²) >= 11 is 6.46. The lowest BCUT2D eigenvalue weighted by Gasteiger charge is -2.24. The number of hydrogen-bond donors (Lipinski definition) is 1. The van der Waals surface area contributed by atoms with Gasteiger partial charge in [0.25, 0.3) is 10.0 Å². The molecular weight excluding hydrogens is 274 g/mol. The number of thiazole rings is 1. The van der Waals surface area contributed by atoms with E-state index in [4.69, 9.17) is 11.6 Å². The average Bonchev–Trinajstić information content (AvgIpc) is 2.65. The summed E-state index contributed by atoms with van der Waals surface area (Å²) in [7, 11) is -3.63. The first kappa shape index (κ1) is 11.8. The zero-order chi connectivity index (χ0) is 11.8. The van der Waals surface area contributed by atoms with E-state index < -0.39 is 10.0 Å². The van der Waals surface area contributed by atoms with Crippen molar-refractivity contribution in [2.24, 2.45) is 0 Å². The Morgan fingerprint density at radius 3 is 2.88 bits per heavy atom. The molecule has 1 aromatic heterocycles. The Morgan fingerprint density at radius 2 is 2.31 bits per heavy atom.